The number of anilines is 2. The maximum atomic E-state index is 12.9. The van der Waals surface area contributed by atoms with Crippen LogP contribution in [0.4, 0.5) is 11.4 Å². The first kappa shape index (κ1) is 23.3. The number of aromatic hydroxyl groups is 1. The molecular formula is C27H30N4O3. The van der Waals surface area contributed by atoms with Crippen LogP contribution in [0.2, 0.25) is 0 Å². The van der Waals surface area contributed by atoms with Crippen molar-refractivity contribution in [3.63, 3.8) is 0 Å². The number of hydrogen-bond donors (Lipinski definition) is 3. The molecule has 3 aromatic carbocycles. The number of para-hydroxylation sites is 1. The van der Waals surface area contributed by atoms with Crippen molar-refractivity contribution in [2.24, 2.45) is 0 Å². The highest BCUT2D eigenvalue weighted by molar-refractivity contribution is 6.04. The van der Waals surface area contributed by atoms with Crippen molar-refractivity contribution in [2.75, 3.05) is 42.9 Å². The molecule has 3 N–H and O–H groups in total. The Hall–Kier alpha value is -3.84. The molecule has 0 aliphatic carbocycles. The summed E-state index contributed by atoms with van der Waals surface area (Å²) in [4.78, 5) is 30.0. The lowest BCUT2D eigenvalue weighted by Crippen LogP contribution is -2.48. The van der Waals surface area contributed by atoms with Crippen molar-refractivity contribution in [1.29, 1.82) is 0 Å². The van der Waals surface area contributed by atoms with E-state index >= 15 is 0 Å². The zero-order valence-corrected chi connectivity index (χ0v) is 19.3. The second-order valence-corrected chi connectivity index (χ2v) is 8.48. The number of carbonyl (C=O) groups excluding carboxylic acids is 2. The van der Waals surface area contributed by atoms with Gasteiger partial charge < -0.3 is 20.6 Å². The van der Waals surface area contributed by atoms with Gasteiger partial charge in [-0.05, 0) is 48.9 Å². The van der Waals surface area contributed by atoms with Crippen molar-refractivity contribution in [3.8, 4) is 5.75 Å². The SMILES string of the molecule is CC(NC(=O)c1ccccc1NC(=O)CN1CCN(c2ccc(O)cc2)CC1)c1ccccc1. The Bertz CT molecular complexity index is 1110. The molecule has 0 aromatic heterocycles. The fourth-order valence-corrected chi connectivity index (χ4v) is 4.11. The largest absolute Gasteiger partial charge is 0.508 e. The first-order valence-electron chi connectivity index (χ1n) is 11.5. The van der Waals surface area contributed by atoms with Crippen LogP contribution in [0.5, 0.6) is 5.75 Å². The minimum absolute atomic E-state index is 0.144. The summed E-state index contributed by atoms with van der Waals surface area (Å²) in [6.07, 6.45) is 0. The molecule has 1 heterocycles. The number of rotatable bonds is 7. The summed E-state index contributed by atoms with van der Waals surface area (Å²) in [6.45, 7) is 5.31. The molecule has 1 unspecified atom stereocenters. The molecule has 34 heavy (non-hydrogen) atoms. The molecule has 4 rings (SSSR count). The van der Waals surface area contributed by atoms with Gasteiger partial charge in [0.05, 0.1) is 23.8 Å². The van der Waals surface area contributed by atoms with E-state index in [4.69, 9.17) is 0 Å². The number of phenolic OH excluding ortho intramolecular Hbond substituents is 1. The van der Waals surface area contributed by atoms with Gasteiger partial charge in [0.1, 0.15) is 5.75 Å². The molecule has 0 bridgehead atoms. The summed E-state index contributed by atoms with van der Waals surface area (Å²) in [5.74, 6) is -0.119. The summed E-state index contributed by atoms with van der Waals surface area (Å²) in [5, 5.41) is 15.4. The fraction of sp³-hybridized carbons (Fsp3) is 0.259. The van der Waals surface area contributed by atoms with Gasteiger partial charge in [-0.1, -0.05) is 42.5 Å². The van der Waals surface area contributed by atoms with Crippen LogP contribution in [0.25, 0.3) is 0 Å². The lowest BCUT2D eigenvalue weighted by molar-refractivity contribution is -0.117. The van der Waals surface area contributed by atoms with Crippen LogP contribution in [-0.4, -0.2) is 54.5 Å². The number of nitrogens with one attached hydrogen (secondary N) is 2. The van der Waals surface area contributed by atoms with E-state index in [0.717, 1.165) is 37.4 Å². The lowest BCUT2D eigenvalue weighted by atomic mass is 10.1. The monoisotopic (exact) mass is 458 g/mol. The molecule has 1 atom stereocenters. The van der Waals surface area contributed by atoms with Crippen LogP contribution < -0.4 is 15.5 Å². The van der Waals surface area contributed by atoms with E-state index < -0.39 is 0 Å². The summed E-state index contributed by atoms with van der Waals surface area (Å²) in [7, 11) is 0. The molecule has 7 nitrogen and oxygen atoms in total. The van der Waals surface area contributed by atoms with Crippen molar-refractivity contribution >= 4 is 23.2 Å². The molecule has 7 heteroatoms. The van der Waals surface area contributed by atoms with E-state index in [1.54, 1.807) is 30.3 Å². The zero-order chi connectivity index (χ0) is 23.9. The molecule has 176 valence electrons. The molecule has 3 aromatic rings. The van der Waals surface area contributed by atoms with E-state index in [0.29, 0.717) is 11.3 Å². The van der Waals surface area contributed by atoms with Crippen molar-refractivity contribution in [1.82, 2.24) is 10.2 Å². The highest BCUT2D eigenvalue weighted by Crippen LogP contribution is 2.21. The van der Waals surface area contributed by atoms with Gasteiger partial charge in [-0.15, -0.1) is 0 Å². The summed E-state index contributed by atoms with van der Waals surface area (Å²) >= 11 is 0. The van der Waals surface area contributed by atoms with Crippen LogP contribution in [0.3, 0.4) is 0 Å². The fourth-order valence-electron chi connectivity index (χ4n) is 4.11. The average molecular weight is 459 g/mol. The van der Waals surface area contributed by atoms with Gasteiger partial charge in [-0.3, -0.25) is 14.5 Å². The van der Waals surface area contributed by atoms with E-state index in [9.17, 15) is 14.7 Å². The van der Waals surface area contributed by atoms with Gasteiger partial charge in [-0.2, -0.15) is 0 Å². The molecule has 1 fully saturated rings. The van der Waals surface area contributed by atoms with E-state index in [1.807, 2.05) is 55.5 Å². The topological polar surface area (TPSA) is 84.9 Å². The third-order valence-corrected chi connectivity index (χ3v) is 6.05. The Morgan fingerprint density at radius 2 is 1.53 bits per heavy atom. The Balaban J connectivity index is 1.31. The number of hydrogen-bond acceptors (Lipinski definition) is 5. The predicted octanol–water partition coefficient (Wildman–Crippen LogP) is 3.64. The third-order valence-electron chi connectivity index (χ3n) is 6.05. The Morgan fingerprint density at radius 3 is 2.24 bits per heavy atom. The van der Waals surface area contributed by atoms with Gasteiger partial charge in [0.15, 0.2) is 0 Å². The van der Waals surface area contributed by atoms with Gasteiger partial charge >= 0.3 is 0 Å². The van der Waals surface area contributed by atoms with Gasteiger partial charge in [-0.25, -0.2) is 0 Å². The highest BCUT2D eigenvalue weighted by Gasteiger charge is 2.21. The molecule has 1 saturated heterocycles. The van der Waals surface area contributed by atoms with E-state index in [1.165, 1.54) is 0 Å². The van der Waals surface area contributed by atoms with Crippen molar-refractivity contribution in [2.45, 2.75) is 13.0 Å². The lowest BCUT2D eigenvalue weighted by Gasteiger charge is -2.35. The molecular weight excluding hydrogens is 428 g/mol. The van der Waals surface area contributed by atoms with Gasteiger partial charge in [0, 0.05) is 31.9 Å². The van der Waals surface area contributed by atoms with Crippen LogP contribution in [0, 0.1) is 0 Å². The summed E-state index contributed by atoms with van der Waals surface area (Å²) in [6, 6.07) is 23.9. The maximum absolute atomic E-state index is 12.9. The first-order chi connectivity index (χ1) is 16.5. The van der Waals surface area contributed by atoms with Gasteiger partial charge in [0.2, 0.25) is 5.91 Å². The molecule has 1 aliphatic rings. The van der Waals surface area contributed by atoms with E-state index in [2.05, 4.69) is 20.4 Å². The van der Waals surface area contributed by atoms with E-state index in [-0.39, 0.29) is 30.2 Å². The quantitative estimate of drug-likeness (QED) is 0.503. The molecule has 0 saturated carbocycles. The minimum atomic E-state index is -0.227. The molecule has 2 amide bonds. The number of nitrogens with zero attached hydrogens (tertiary/aromatic N) is 2. The Kier molecular flexibility index (Phi) is 7.44. The van der Waals surface area contributed by atoms with Crippen LogP contribution in [0.15, 0.2) is 78.9 Å². The minimum Gasteiger partial charge on any atom is -0.508 e. The second-order valence-electron chi connectivity index (χ2n) is 8.48. The van der Waals surface area contributed by atoms with Crippen LogP contribution in [0.1, 0.15) is 28.9 Å². The van der Waals surface area contributed by atoms with Crippen LogP contribution in [-0.2, 0) is 4.79 Å². The van der Waals surface area contributed by atoms with Crippen molar-refractivity contribution < 1.29 is 14.7 Å². The highest BCUT2D eigenvalue weighted by atomic mass is 16.3. The molecule has 0 spiro atoms. The average Bonchev–Trinajstić information content (AvgIpc) is 2.86. The predicted molar refractivity (Wildman–Crippen MR) is 134 cm³/mol. The smallest absolute Gasteiger partial charge is 0.253 e. The second kappa shape index (κ2) is 10.9. The van der Waals surface area contributed by atoms with Gasteiger partial charge in [0.25, 0.3) is 5.91 Å². The number of phenols is 1. The molecule has 1 aliphatic heterocycles. The zero-order valence-electron chi connectivity index (χ0n) is 19.3. The number of benzene rings is 3. The third kappa shape index (κ3) is 5.94. The molecule has 0 radical (unpaired) electrons. The van der Waals surface area contributed by atoms with Crippen molar-refractivity contribution in [3.05, 3.63) is 90.0 Å². The first-order valence-corrected chi connectivity index (χ1v) is 11.5. The Labute approximate surface area is 200 Å². The summed E-state index contributed by atoms with van der Waals surface area (Å²) < 4.78 is 0. The Morgan fingerprint density at radius 1 is 0.882 bits per heavy atom. The number of piperazine rings is 1. The standard InChI is InChI=1S/C27H30N4O3/c1-20(21-7-3-2-4-8-21)28-27(34)24-9-5-6-10-25(24)29-26(33)19-30-15-17-31(18-16-30)22-11-13-23(32)14-12-22/h2-14,20,32H,15-19H2,1H3,(H,28,34)(H,29,33). The number of carbonyl (C=O) groups is 2. The van der Waals surface area contributed by atoms with Crippen LogP contribution >= 0.6 is 0 Å². The number of amides is 2. The normalized spacial score (nSPS) is 14.9. The maximum Gasteiger partial charge on any atom is 0.253 e. The summed E-state index contributed by atoms with van der Waals surface area (Å²) in [5.41, 5.74) is 3.03.